The summed E-state index contributed by atoms with van der Waals surface area (Å²) in [6.45, 7) is 5.96. The largest absolute Gasteiger partial charge is 0.444 e. The molecule has 42 heavy (non-hydrogen) atoms. The molecule has 1 saturated carbocycles. The minimum atomic E-state index is -0.801. The molecule has 1 fully saturated rings. The number of halogens is 1. The average molecular weight is 643 g/mol. The first-order valence-electron chi connectivity index (χ1n) is 13.9. The fourth-order valence-electron chi connectivity index (χ4n) is 4.86. The highest BCUT2D eigenvalue weighted by Gasteiger charge is 2.30. The number of carbonyl (C=O) groups is 3. The molecule has 0 spiro atoms. The third kappa shape index (κ3) is 9.30. The van der Waals surface area contributed by atoms with E-state index >= 15 is 0 Å². The zero-order valence-corrected chi connectivity index (χ0v) is 25.5. The van der Waals surface area contributed by atoms with Crippen molar-refractivity contribution in [2.75, 3.05) is 11.9 Å². The van der Waals surface area contributed by atoms with Crippen molar-refractivity contribution in [3.05, 3.63) is 69.1 Å². The Morgan fingerprint density at radius 2 is 1.81 bits per heavy atom. The third-order valence-corrected chi connectivity index (χ3v) is 7.47. The SMILES string of the molecule is CC(C)(C)OC(=O)NCC1CCC(C(=O)NC(Cc2cccc(Br)c2)C(=O)Nc2ccc(-c3noc(=O)[nH]3)cc2)CC1. The van der Waals surface area contributed by atoms with E-state index in [0.717, 1.165) is 22.9 Å². The number of ether oxygens (including phenoxy) is 1. The molecular weight excluding hydrogens is 606 g/mol. The van der Waals surface area contributed by atoms with E-state index in [1.165, 1.54) is 0 Å². The second-order valence-electron chi connectivity index (χ2n) is 11.5. The number of nitrogens with one attached hydrogen (secondary N) is 4. The highest BCUT2D eigenvalue weighted by atomic mass is 79.9. The molecule has 11 nitrogen and oxygen atoms in total. The molecule has 0 bridgehead atoms. The number of alkyl carbamates (subject to hydrolysis) is 1. The molecule has 1 atom stereocenters. The van der Waals surface area contributed by atoms with Crippen LogP contribution in [0.4, 0.5) is 10.5 Å². The quantitative estimate of drug-likeness (QED) is 0.262. The second kappa shape index (κ2) is 13.8. The van der Waals surface area contributed by atoms with Gasteiger partial charge in [-0.25, -0.2) is 9.59 Å². The van der Waals surface area contributed by atoms with Crippen LogP contribution in [0.15, 0.2) is 62.3 Å². The van der Waals surface area contributed by atoms with E-state index in [1.54, 1.807) is 24.3 Å². The zero-order valence-electron chi connectivity index (χ0n) is 23.9. The van der Waals surface area contributed by atoms with Gasteiger partial charge in [0, 0.05) is 34.6 Å². The monoisotopic (exact) mass is 641 g/mol. The number of aromatic nitrogens is 2. The van der Waals surface area contributed by atoms with Gasteiger partial charge in [0.05, 0.1) is 0 Å². The molecule has 12 heteroatoms. The Kier molecular flexibility index (Phi) is 10.2. The lowest BCUT2D eigenvalue weighted by Crippen LogP contribution is -2.48. The first-order chi connectivity index (χ1) is 19.9. The second-order valence-corrected chi connectivity index (χ2v) is 12.4. The van der Waals surface area contributed by atoms with Crippen LogP contribution in [0.25, 0.3) is 11.4 Å². The van der Waals surface area contributed by atoms with Gasteiger partial charge in [-0.05, 0) is 94.3 Å². The Hall–Kier alpha value is -3.93. The lowest BCUT2D eigenvalue weighted by Gasteiger charge is -2.29. The van der Waals surface area contributed by atoms with E-state index in [9.17, 15) is 19.2 Å². The average Bonchev–Trinajstić information content (AvgIpc) is 3.37. The molecule has 1 unspecified atom stereocenters. The van der Waals surface area contributed by atoms with Gasteiger partial charge in [0.15, 0.2) is 5.82 Å². The number of benzene rings is 2. The van der Waals surface area contributed by atoms with Gasteiger partial charge in [0.2, 0.25) is 11.8 Å². The van der Waals surface area contributed by atoms with Crippen LogP contribution in [0.1, 0.15) is 52.0 Å². The highest BCUT2D eigenvalue weighted by molar-refractivity contribution is 9.10. The van der Waals surface area contributed by atoms with Gasteiger partial charge in [-0.2, -0.15) is 0 Å². The number of H-pyrrole nitrogens is 1. The first-order valence-corrected chi connectivity index (χ1v) is 14.7. The summed E-state index contributed by atoms with van der Waals surface area (Å²) in [6, 6.07) is 13.6. The summed E-state index contributed by atoms with van der Waals surface area (Å²) < 4.78 is 10.7. The van der Waals surface area contributed by atoms with Crippen molar-refractivity contribution < 1.29 is 23.6 Å². The van der Waals surface area contributed by atoms with Crippen molar-refractivity contribution in [2.24, 2.45) is 11.8 Å². The maximum absolute atomic E-state index is 13.4. The molecule has 1 heterocycles. The van der Waals surface area contributed by atoms with E-state index in [1.807, 2.05) is 45.0 Å². The van der Waals surface area contributed by atoms with Gasteiger partial charge >= 0.3 is 11.8 Å². The van der Waals surface area contributed by atoms with Gasteiger partial charge in [-0.3, -0.25) is 19.1 Å². The fraction of sp³-hybridized carbons (Fsp3) is 0.433. The number of nitrogens with zero attached hydrogens (tertiary/aromatic N) is 1. The van der Waals surface area contributed by atoms with Gasteiger partial charge in [-0.1, -0.05) is 33.2 Å². The number of hydrogen-bond acceptors (Lipinski definition) is 7. The molecule has 2 aromatic carbocycles. The van der Waals surface area contributed by atoms with Gasteiger partial charge in [0.1, 0.15) is 11.6 Å². The van der Waals surface area contributed by atoms with Crippen LogP contribution in [-0.4, -0.2) is 46.2 Å². The fourth-order valence-corrected chi connectivity index (χ4v) is 5.31. The predicted molar refractivity (Wildman–Crippen MR) is 161 cm³/mol. The summed E-state index contributed by atoms with van der Waals surface area (Å²) in [5, 5.41) is 12.4. The summed E-state index contributed by atoms with van der Waals surface area (Å²) in [5.74, 6) is -0.826. The van der Waals surface area contributed by atoms with Gasteiger partial charge in [-0.15, -0.1) is 0 Å². The van der Waals surface area contributed by atoms with Gasteiger partial charge < -0.3 is 20.7 Å². The van der Waals surface area contributed by atoms with Crippen molar-refractivity contribution in [1.82, 2.24) is 20.8 Å². The summed E-state index contributed by atoms with van der Waals surface area (Å²) in [7, 11) is 0. The van der Waals surface area contributed by atoms with E-state index in [4.69, 9.17) is 4.74 Å². The van der Waals surface area contributed by atoms with Crippen LogP contribution in [0, 0.1) is 11.8 Å². The standard InChI is InChI=1S/C30H36BrN5O6/c1-30(2,3)41-28(39)32-17-18-7-9-21(10-8-18)26(37)34-24(16-19-5-4-6-22(31)15-19)27(38)33-23-13-11-20(12-14-23)25-35-29(40)42-36-25/h4-6,11-15,18,21,24H,7-10,16-17H2,1-3H3,(H,32,39)(H,33,38)(H,34,37)(H,35,36,40). The number of hydrogen-bond donors (Lipinski definition) is 4. The third-order valence-electron chi connectivity index (χ3n) is 6.98. The number of rotatable bonds is 9. The van der Waals surface area contributed by atoms with Crippen LogP contribution in [-0.2, 0) is 20.7 Å². The van der Waals surface area contributed by atoms with Crippen LogP contribution in [0.2, 0.25) is 0 Å². The number of anilines is 1. The van der Waals surface area contributed by atoms with Crippen molar-refractivity contribution in [1.29, 1.82) is 0 Å². The van der Waals surface area contributed by atoms with Gasteiger partial charge in [0.25, 0.3) is 0 Å². The lowest BCUT2D eigenvalue weighted by atomic mass is 9.81. The number of carbonyl (C=O) groups excluding carboxylic acids is 3. The molecule has 4 rings (SSSR count). The molecule has 1 aromatic heterocycles. The zero-order chi connectivity index (χ0) is 30.3. The minimum absolute atomic E-state index is 0.158. The van der Waals surface area contributed by atoms with Crippen LogP contribution >= 0.6 is 15.9 Å². The maximum Gasteiger partial charge on any atom is 0.439 e. The molecule has 1 aliphatic carbocycles. The highest BCUT2D eigenvalue weighted by Crippen LogP contribution is 2.29. The van der Waals surface area contributed by atoms with E-state index in [-0.39, 0.29) is 29.5 Å². The summed E-state index contributed by atoms with van der Waals surface area (Å²) >= 11 is 3.47. The van der Waals surface area contributed by atoms with Crippen molar-refractivity contribution in [2.45, 2.75) is 64.5 Å². The smallest absolute Gasteiger partial charge is 0.439 e. The van der Waals surface area contributed by atoms with E-state index in [0.29, 0.717) is 37.1 Å². The van der Waals surface area contributed by atoms with E-state index < -0.39 is 23.5 Å². The molecule has 224 valence electrons. The molecule has 4 N–H and O–H groups in total. The maximum atomic E-state index is 13.4. The molecular formula is C30H36BrN5O6. The molecule has 0 saturated heterocycles. The normalized spacial score (nSPS) is 17.6. The Bertz CT molecular complexity index is 1440. The molecule has 0 aliphatic heterocycles. The Morgan fingerprint density at radius 3 is 2.43 bits per heavy atom. The Labute approximate surface area is 252 Å². The van der Waals surface area contributed by atoms with Crippen LogP contribution < -0.4 is 21.7 Å². The summed E-state index contributed by atoms with van der Waals surface area (Å²) in [5.41, 5.74) is 1.49. The Balaban J connectivity index is 1.36. The first kappa shape index (κ1) is 31.0. The van der Waals surface area contributed by atoms with Crippen molar-refractivity contribution in [3.8, 4) is 11.4 Å². The van der Waals surface area contributed by atoms with Crippen LogP contribution in [0.5, 0.6) is 0 Å². The summed E-state index contributed by atoms with van der Waals surface area (Å²) in [4.78, 5) is 52.4. The molecule has 1 aliphatic rings. The van der Waals surface area contributed by atoms with Crippen LogP contribution in [0.3, 0.4) is 0 Å². The summed E-state index contributed by atoms with van der Waals surface area (Å²) in [6.07, 6.45) is 2.79. The molecule has 3 amide bonds. The van der Waals surface area contributed by atoms with E-state index in [2.05, 4.69) is 46.5 Å². The molecule has 3 aromatic rings. The van der Waals surface area contributed by atoms with Crippen molar-refractivity contribution >= 4 is 39.5 Å². The minimum Gasteiger partial charge on any atom is -0.444 e. The number of amides is 3. The lowest BCUT2D eigenvalue weighted by molar-refractivity contribution is -0.130. The van der Waals surface area contributed by atoms with Crippen molar-refractivity contribution in [3.63, 3.8) is 0 Å². The topological polar surface area (TPSA) is 155 Å². The predicted octanol–water partition coefficient (Wildman–Crippen LogP) is 4.79. The Morgan fingerprint density at radius 1 is 1.10 bits per heavy atom. The number of aromatic amines is 1. The molecule has 0 radical (unpaired) electrons.